The van der Waals surface area contributed by atoms with Crippen LogP contribution in [0.5, 0.6) is 0 Å². The largest absolute Gasteiger partial charge is 0.410 e. The number of carbonyl (C=O) groups is 1. The number of benzene rings is 1. The maximum absolute atomic E-state index is 10.8. The molecule has 68 valence electrons. The van der Waals surface area contributed by atoms with E-state index in [0.29, 0.717) is 5.56 Å². The molecular weight excluding hydrogens is 168 g/mol. The van der Waals surface area contributed by atoms with E-state index in [1.807, 2.05) is 19.1 Å². The average Bonchev–Trinajstić information content (AvgIpc) is 2.09. The van der Waals surface area contributed by atoms with Crippen molar-refractivity contribution in [3.8, 4) is 0 Å². The molecule has 0 spiro atoms. The van der Waals surface area contributed by atoms with Gasteiger partial charge in [0.15, 0.2) is 5.71 Å². The van der Waals surface area contributed by atoms with Crippen LogP contribution in [0, 0.1) is 6.92 Å². The SMILES string of the molecule is Cc1ccccc1/C(=N\O)C(N)=O. The van der Waals surface area contributed by atoms with E-state index in [1.165, 1.54) is 0 Å². The van der Waals surface area contributed by atoms with Crippen LogP contribution >= 0.6 is 0 Å². The van der Waals surface area contributed by atoms with Crippen LogP contribution in [-0.4, -0.2) is 16.8 Å². The topological polar surface area (TPSA) is 75.7 Å². The van der Waals surface area contributed by atoms with Crippen molar-refractivity contribution in [2.24, 2.45) is 10.9 Å². The van der Waals surface area contributed by atoms with Gasteiger partial charge in [-0.1, -0.05) is 29.4 Å². The molecule has 0 radical (unpaired) electrons. The lowest BCUT2D eigenvalue weighted by Crippen LogP contribution is -2.24. The number of rotatable bonds is 2. The second-order valence-electron chi connectivity index (χ2n) is 2.63. The number of oxime groups is 1. The van der Waals surface area contributed by atoms with Crippen LogP contribution in [0.25, 0.3) is 0 Å². The summed E-state index contributed by atoms with van der Waals surface area (Å²) in [5, 5.41) is 11.4. The number of nitrogens with zero attached hydrogens (tertiary/aromatic N) is 1. The maximum atomic E-state index is 10.8. The molecule has 0 aliphatic rings. The molecule has 1 rings (SSSR count). The van der Waals surface area contributed by atoms with Gasteiger partial charge in [0.2, 0.25) is 0 Å². The summed E-state index contributed by atoms with van der Waals surface area (Å²) in [6.45, 7) is 1.81. The zero-order valence-corrected chi connectivity index (χ0v) is 7.19. The Morgan fingerprint density at radius 3 is 2.54 bits per heavy atom. The zero-order valence-electron chi connectivity index (χ0n) is 7.19. The van der Waals surface area contributed by atoms with Crippen LogP contribution in [0.1, 0.15) is 11.1 Å². The fraction of sp³-hybridized carbons (Fsp3) is 0.111. The molecule has 1 aromatic carbocycles. The Morgan fingerprint density at radius 2 is 2.08 bits per heavy atom. The zero-order chi connectivity index (χ0) is 9.84. The van der Waals surface area contributed by atoms with Gasteiger partial charge in [0, 0.05) is 5.56 Å². The summed E-state index contributed by atoms with van der Waals surface area (Å²) >= 11 is 0. The lowest BCUT2D eigenvalue weighted by molar-refractivity contribution is -0.112. The first-order valence-corrected chi connectivity index (χ1v) is 3.74. The van der Waals surface area contributed by atoms with Gasteiger partial charge in [0.1, 0.15) is 0 Å². The van der Waals surface area contributed by atoms with E-state index >= 15 is 0 Å². The molecule has 4 heteroatoms. The first-order chi connectivity index (χ1) is 6.16. The van der Waals surface area contributed by atoms with Gasteiger partial charge in [0.05, 0.1) is 0 Å². The normalized spacial score (nSPS) is 11.3. The van der Waals surface area contributed by atoms with Crippen molar-refractivity contribution < 1.29 is 10.0 Å². The molecule has 4 nitrogen and oxygen atoms in total. The van der Waals surface area contributed by atoms with Crippen molar-refractivity contribution >= 4 is 11.6 Å². The maximum Gasteiger partial charge on any atom is 0.271 e. The van der Waals surface area contributed by atoms with Crippen molar-refractivity contribution in [1.82, 2.24) is 0 Å². The molecule has 1 amide bonds. The highest BCUT2D eigenvalue weighted by molar-refractivity contribution is 6.45. The number of aryl methyl sites for hydroxylation is 1. The second-order valence-corrected chi connectivity index (χ2v) is 2.63. The summed E-state index contributed by atoms with van der Waals surface area (Å²) in [4.78, 5) is 10.8. The Labute approximate surface area is 75.7 Å². The molecule has 0 heterocycles. The summed E-state index contributed by atoms with van der Waals surface area (Å²) in [6, 6.07) is 7.06. The summed E-state index contributed by atoms with van der Waals surface area (Å²) in [5.41, 5.74) is 6.30. The first kappa shape index (κ1) is 9.25. The van der Waals surface area contributed by atoms with Crippen molar-refractivity contribution in [2.45, 2.75) is 6.92 Å². The number of carbonyl (C=O) groups excluding carboxylic acids is 1. The highest BCUT2D eigenvalue weighted by atomic mass is 16.4. The van der Waals surface area contributed by atoms with Gasteiger partial charge in [-0.3, -0.25) is 4.79 Å². The fourth-order valence-electron chi connectivity index (χ4n) is 1.07. The molecule has 0 atom stereocenters. The third kappa shape index (κ3) is 1.84. The molecule has 1 aromatic rings. The second kappa shape index (κ2) is 3.71. The molecule has 0 saturated heterocycles. The Hall–Kier alpha value is -1.84. The lowest BCUT2D eigenvalue weighted by atomic mass is 10.0. The van der Waals surface area contributed by atoms with E-state index in [9.17, 15) is 4.79 Å². The van der Waals surface area contributed by atoms with E-state index in [-0.39, 0.29) is 5.71 Å². The highest BCUT2D eigenvalue weighted by Crippen LogP contribution is 2.07. The Balaban J connectivity index is 3.21. The van der Waals surface area contributed by atoms with E-state index < -0.39 is 5.91 Å². The first-order valence-electron chi connectivity index (χ1n) is 3.74. The minimum Gasteiger partial charge on any atom is -0.410 e. The van der Waals surface area contributed by atoms with Crippen LogP contribution in [0.3, 0.4) is 0 Å². The van der Waals surface area contributed by atoms with Crippen LogP contribution in [0.2, 0.25) is 0 Å². The van der Waals surface area contributed by atoms with E-state index in [1.54, 1.807) is 12.1 Å². The minimum absolute atomic E-state index is 0.113. The Bertz CT molecular complexity index is 358. The number of hydrogen-bond donors (Lipinski definition) is 2. The Morgan fingerprint density at radius 1 is 1.46 bits per heavy atom. The predicted molar refractivity (Wildman–Crippen MR) is 48.7 cm³/mol. The quantitative estimate of drug-likeness (QED) is 0.396. The number of hydrogen-bond acceptors (Lipinski definition) is 3. The summed E-state index contributed by atoms with van der Waals surface area (Å²) < 4.78 is 0. The van der Waals surface area contributed by atoms with Crippen molar-refractivity contribution in [3.05, 3.63) is 35.4 Å². The predicted octanol–water partition coefficient (Wildman–Crippen LogP) is 0.659. The highest BCUT2D eigenvalue weighted by Gasteiger charge is 2.12. The fourth-order valence-corrected chi connectivity index (χ4v) is 1.07. The summed E-state index contributed by atoms with van der Waals surface area (Å²) in [5.74, 6) is -0.739. The van der Waals surface area contributed by atoms with Gasteiger partial charge in [-0.2, -0.15) is 0 Å². The van der Waals surface area contributed by atoms with Crippen LogP contribution < -0.4 is 5.73 Å². The summed E-state index contributed by atoms with van der Waals surface area (Å²) in [7, 11) is 0. The van der Waals surface area contributed by atoms with Crippen molar-refractivity contribution in [3.63, 3.8) is 0 Å². The van der Waals surface area contributed by atoms with Crippen LogP contribution in [0.4, 0.5) is 0 Å². The molecule has 0 aromatic heterocycles. The van der Waals surface area contributed by atoms with Gasteiger partial charge < -0.3 is 10.9 Å². The molecule has 0 aliphatic heterocycles. The minimum atomic E-state index is -0.739. The number of primary amides is 1. The smallest absolute Gasteiger partial charge is 0.271 e. The molecule has 0 aliphatic carbocycles. The Kier molecular flexibility index (Phi) is 2.64. The third-order valence-electron chi connectivity index (χ3n) is 1.73. The summed E-state index contributed by atoms with van der Waals surface area (Å²) in [6.07, 6.45) is 0. The molecular formula is C9H10N2O2. The van der Waals surface area contributed by atoms with Crippen LogP contribution in [0.15, 0.2) is 29.4 Å². The van der Waals surface area contributed by atoms with E-state index in [4.69, 9.17) is 10.9 Å². The van der Waals surface area contributed by atoms with Gasteiger partial charge in [-0.15, -0.1) is 0 Å². The van der Waals surface area contributed by atoms with Crippen LogP contribution in [-0.2, 0) is 4.79 Å². The van der Waals surface area contributed by atoms with Gasteiger partial charge in [-0.05, 0) is 12.5 Å². The molecule has 0 fully saturated rings. The standard InChI is InChI=1S/C9H10N2O2/c1-6-4-2-3-5-7(6)8(11-13)9(10)12/h2-5,13H,1H3,(H2,10,12)/b11-8+. The number of nitrogens with two attached hydrogens (primary N) is 1. The third-order valence-corrected chi connectivity index (χ3v) is 1.73. The van der Waals surface area contributed by atoms with Gasteiger partial charge in [-0.25, -0.2) is 0 Å². The van der Waals surface area contributed by atoms with E-state index in [2.05, 4.69) is 5.16 Å². The van der Waals surface area contributed by atoms with E-state index in [0.717, 1.165) is 5.56 Å². The molecule has 13 heavy (non-hydrogen) atoms. The molecule has 3 N–H and O–H groups in total. The molecule has 0 unspecified atom stereocenters. The van der Waals surface area contributed by atoms with Gasteiger partial charge in [0.25, 0.3) is 5.91 Å². The van der Waals surface area contributed by atoms with Crippen molar-refractivity contribution in [1.29, 1.82) is 0 Å². The van der Waals surface area contributed by atoms with Gasteiger partial charge >= 0.3 is 0 Å². The van der Waals surface area contributed by atoms with Crippen molar-refractivity contribution in [2.75, 3.05) is 0 Å². The molecule has 0 saturated carbocycles. The molecule has 0 bridgehead atoms. The number of amides is 1. The lowest BCUT2D eigenvalue weighted by Gasteiger charge is -2.03. The monoisotopic (exact) mass is 178 g/mol. The average molecular weight is 178 g/mol.